The maximum atomic E-state index is 4.44. The van der Waals surface area contributed by atoms with E-state index in [2.05, 4.69) is 48.5 Å². The monoisotopic (exact) mass is 202 g/mol. The van der Waals surface area contributed by atoms with Gasteiger partial charge in [-0.2, -0.15) is 0 Å². The first kappa shape index (κ1) is 10.2. The first-order valence-corrected chi connectivity index (χ1v) is 5.64. The van der Waals surface area contributed by atoms with Crippen LogP contribution in [-0.2, 0) is 13.0 Å². The summed E-state index contributed by atoms with van der Waals surface area (Å²) < 4.78 is 2.24. The van der Waals surface area contributed by atoms with Crippen LogP contribution in [0.1, 0.15) is 26.3 Å². The van der Waals surface area contributed by atoms with Crippen LogP contribution in [0.3, 0.4) is 0 Å². The number of rotatable bonds is 3. The minimum atomic E-state index is 0.660. The highest BCUT2D eigenvalue weighted by Gasteiger charge is 2.04. The van der Waals surface area contributed by atoms with Gasteiger partial charge in [-0.3, -0.25) is 0 Å². The van der Waals surface area contributed by atoms with Gasteiger partial charge in [0.25, 0.3) is 0 Å². The number of aryl methyl sites for hydroxylation is 1. The van der Waals surface area contributed by atoms with E-state index < -0.39 is 0 Å². The number of benzene rings is 1. The van der Waals surface area contributed by atoms with Crippen molar-refractivity contribution in [1.82, 2.24) is 9.55 Å². The molecular weight excluding hydrogens is 184 g/mol. The number of fused-ring (bicyclic) bond motifs is 1. The molecule has 1 aromatic heterocycles. The van der Waals surface area contributed by atoms with Crippen LogP contribution in [0.4, 0.5) is 0 Å². The van der Waals surface area contributed by atoms with Crippen LogP contribution in [0.5, 0.6) is 0 Å². The lowest BCUT2D eigenvalue weighted by atomic mass is 10.1. The van der Waals surface area contributed by atoms with Crippen LogP contribution in [0.2, 0.25) is 0 Å². The highest BCUT2D eigenvalue weighted by atomic mass is 15.0. The molecule has 0 aliphatic rings. The Kier molecular flexibility index (Phi) is 2.76. The Bertz CT molecular complexity index is 455. The lowest BCUT2D eigenvalue weighted by Crippen LogP contribution is -2.02. The van der Waals surface area contributed by atoms with Crippen molar-refractivity contribution in [3.63, 3.8) is 0 Å². The van der Waals surface area contributed by atoms with Crippen molar-refractivity contribution in [2.24, 2.45) is 5.92 Å². The molecule has 0 aliphatic heterocycles. The fourth-order valence-electron chi connectivity index (χ4n) is 1.87. The van der Waals surface area contributed by atoms with Gasteiger partial charge in [-0.1, -0.05) is 26.8 Å². The fraction of sp³-hybridized carbons (Fsp3) is 0.462. The summed E-state index contributed by atoms with van der Waals surface area (Å²) in [7, 11) is 0. The molecule has 0 amide bonds. The van der Waals surface area contributed by atoms with Gasteiger partial charge in [0.1, 0.15) is 0 Å². The third kappa shape index (κ3) is 2.04. The van der Waals surface area contributed by atoms with E-state index in [9.17, 15) is 0 Å². The topological polar surface area (TPSA) is 17.8 Å². The quantitative estimate of drug-likeness (QED) is 0.747. The Labute approximate surface area is 90.9 Å². The molecule has 2 aromatic rings. The van der Waals surface area contributed by atoms with Gasteiger partial charge in [-0.05, 0) is 30.0 Å². The van der Waals surface area contributed by atoms with E-state index in [-0.39, 0.29) is 0 Å². The molecule has 0 spiro atoms. The largest absolute Gasteiger partial charge is 0.330 e. The standard InChI is InChI=1S/C13H18N2/c1-4-11-5-6-13-12(7-11)14-9-15(13)8-10(2)3/h5-7,9-10H,4,8H2,1-3H3. The van der Waals surface area contributed by atoms with E-state index in [0.29, 0.717) is 5.92 Å². The highest BCUT2D eigenvalue weighted by molar-refractivity contribution is 5.76. The number of hydrogen-bond donors (Lipinski definition) is 0. The van der Waals surface area contributed by atoms with Gasteiger partial charge in [0.15, 0.2) is 0 Å². The molecule has 0 saturated heterocycles. The van der Waals surface area contributed by atoms with E-state index in [1.54, 1.807) is 0 Å². The molecule has 1 aromatic carbocycles. The second kappa shape index (κ2) is 4.05. The van der Waals surface area contributed by atoms with E-state index >= 15 is 0 Å². The summed E-state index contributed by atoms with van der Waals surface area (Å²) in [5, 5.41) is 0. The summed E-state index contributed by atoms with van der Waals surface area (Å²) in [6.45, 7) is 7.67. The van der Waals surface area contributed by atoms with Gasteiger partial charge in [0.05, 0.1) is 17.4 Å². The molecule has 0 aliphatic carbocycles. The maximum absolute atomic E-state index is 4.44. The Morgan fingerprint density at radius 1 is 1.33 bits per heavy atom. The van der Waals surface area contributed by atoms with E-state index in [1.165, 1.54) is 11.1 Å². The molecule has 80 valence electrons. The molecule has 1 heterocycles. The molecule has 0 N–H and O–H groups in total. The molecule has 2 rings (SSSR count). The molecule has 0 saturated carbocycles. The lowest BCUT2D eigenvalue weighted by Gasteiger charge is -2.07. The van der Waals surface area contributed by atoms with Crippen molar-refractivity contribution in [3.05, 3.63) is 30.1 Å². The van der Waals surface area contributed by atoms with Gasteiger partial charge in [-0.25, -0.2) is 4.98 Å². The zero-order valence-corrected chi connectivity index (χ0v) is 9.70. The molecule has 15 heavy (non-hydrogen) atoms. The molecule has 2 heteroatoms. The van der Waals surface area contributed by atoms with Crippen molar-refractivity contribution in [3.8, 4) is 0 Å². The predicted octanol–water partition coefficient (Wildman–Crippen LogP) is 3.25. The second-order valence-electron chi connectivity index (χ2n) is 4.47. The zero-order chi connectivity index (χ0) is 10.8. The van der Waals surface area contributed by atoms with Gasteiger partial charge in [0.2, 0.25) is 0 Å². The van der Waals surface area contributed by atoms with Crippen LogP contribution in [0.15, 0.2) is 24.5 Å². The van der Waals surface area contributed by atoms with E-state index in [1.807, 2.05) is 6.33 Å². The fourth-order valence-corrected chi connectivity index (χ4v) is 1.87. The first-order chi connectivity index (χ1) is 7.20. The minimum Gasteiger partial charge on any atom is -0.330 e. The zero-order valence-electron chi connectivity index (χ0n) is 9.70. The molecule has 0 unspecified atom stereocenters. The Morgan fingerprint density at radius 3 is 2.80 bits per heavy atom. The Morgan fingerprint density at radius 2 is 2.13 bits per heavy atom. The van der Waals surface area contributed by atoms with E-state index in [0.717, 1.165) is 18.5 Å². The van der Waals surface area contributed by atoms with Crippen molar-refractivity contribution in [2.45, 2.75) is 33.7 Å². The summed E-state index contributed by atoms with van der Waals surface area (Å²) >= 11 is 0. The molecular formula is C13H18N2. The van der Waals surface area contributed by atoms with Crippen molar-refractivity contribution in [2.75, 3.05) is 0 Å². The third-order valence-electron chi connectivity index (χ3n) is 2.66. The van der Waals surface area contributed by atoms with E-state index in [4.69, 9.17) is 0 Å². The average Bonchev–Trinajstić information content (AvgIpc) is 2.60. The number of hydrogen-bond acceptors (Lipinski definition) is 1. The summed E-state index contributed by atoms with van der Waals surface area (Å²) in [4.78, 5) is 4.44. The predicted molar refractivity (Wildman–Crippen MR) is 63.9 cm³/mol. The Balaban J connectivity index is 2.43. The minimum absolute atomic E-state index is 0.660. The smallest absolute Gasteiger partial charge is 0.0958 e. The third-order valence-corrected chi connectivity index (χ3v) is 2.66. The number of aromatic nitrogens is 2. The van der Waals surface area contributed by atoms with Crippen LogP contribution in [0.25, 0.3) is 11.0 Å². The van der Waals surface area contributed by atoms with Crippen molar-refractivity contribution >= 4 is 11.0 Å². The average molecular weight is 202 g/mol. The second-order valence-corrected chi connectivity index (χ2v) is 4.47. The molecule has 0 bridgehead atoms. The first-order valence-electron chi connectivity index (χ1n) is 5.64. The summed E-state index contributed by atoms with van der Waals surface area (Å²) in [6.07, 6.45) is 3.02. The van der Waals surface area contributed by atoms with Crippen molar-refractivity contribution < 1.29 is 0 Å². The van der Waals surface area contributed by atoms with Crippen LogP contribution in [-0.4, -0.2) is 9.55 Å². The van der Waals surface area contributed by atoms with Crippen LogP contribution >= 0.6 is 0 Å². The molecule has 2 nitrogen and oxygen atoms in total. The number of nitrogens with zero attached hydrogens (tertiary/aromatic N) is 2. The van der Waals surface area contributed by atoms with Gasteiger partial charge < -0.3 is 4.57 Å². The van der Waals surface area contributed by atoms with Crippen molar-refractivity contribution in [1.29, 1.82) is 0 Å². The normalized spacial score (nSPS) is 11.5. The highest BCUT2D eigenvalue weighted by Crippen LogP contribution is 2.16. The molecule has 0 radical (unpaired) electrons. The number of imidazole rings is 1. The van der Waals surface area contributed by atoms with Gasteiger partial charge in [-0.15, -0.1) is 0 Å². The summed E-state index contributed by atoms with van der Waals surface area (Å²) in [6, 6.07) is 6.57. The Hall–Kier alpha value is -1.31. The van der Waals surface area contributed by atoms with Crippen LogP contribution < -0.4 is 0 Å². The maximum Gasteiger partial charge on any atom is 0.0958 e. The summed E-state index contributed by atoms with van der Waals surface area (Å²) in [5.74, 6) is 0.660. The molecule has 0 atom stereocenters. The lowest BCUT2D eigenvalue weighted by molar-refractivity contribution is 0.533. The summed E-state index contributed by atoms with van der Waals surface area (Å²) in [5.41, 5.74) is 3.73. The van der Waals surface area contributed by atoms with Gasteiger partial charge >= 0.3 is 0 Å². The van der Waals surface area contributed by atoms with Crippen LogP contribution in [0, 0.1) is 5.92 Å². The SMILES string of the molecule is CCc1ccc2c(c1)ncn2CC(C)C. The molecule has 0 fully saturated rings. The van der Waals surface area contributed by atoms with Gasteiger partial charge in [0, 0.05) is 6.54 Å².